The maximum atomic E-state index is 12.3. The van der Waals surface area contributed by atoms with Gasteiger partial charge < -0.3 is 10.3 Å². The molecule has 0 atom stereocenters. The van der Waals surface area contributed by atoms with Crippen molar-refractivity contribution in [3.05, 3.63) is 70.4 Å². The van der Waals surface area contributed by atoms with Crippen molar-refractivity contribution in [2.75, 3.05) is 5.32 Å². The van der Waals surface area contributed by atoms with E-state index in [2.05, 4.69) is 10.3 Å². The zero-order valence-corrected chi connectivity index (χ0v) is 10.9. The number of aromatic amines is 1. The van der Waals surface area contributed by atoms with Gasteiger partial charge in [-0.3, -0.25) is 14.9 Å². The highest BCUT2D eigenvalue weighted by Crippen LogP contribution is 2.20. The lowest BCUT2D eigenvalue weighted by Gasteiger charge is -2.06. The summed E-state index contributed by atoms with van der Waals surface area (Å²) in [4.78, 5) is 25.4. The standard InChI is InChI=1S/C15H11N3O3/c19-15(13-3-1-2-10-8-9-16-14(10)13)17-11-4-6-12(7-5-11)18(20)21/h1-9,16H,(H,17,19). The van der Waals surface area contributed by atoms with E-state index in [0.717, 1.165) is 10.9 Å². The minimum Gasteiger partial charge on any atom is -0.361 e. The van der Waals surface area contributed by atoms with Crippen LogP contribution < -0.4 is 5.32 Å². The number of para-hydroxylation sites is 1. The van der Waals surface area contributed by atoms with Crippen molar-refractivity contribution in [2.45, 2.75) is 0 Å². The van der Waals surface area contributed by atoms with E-state index < -0.39 is 4.92 Å². The Labute approximate surface area is 119 Å². The van der Waals surface area contributed by atoms with Gasteiger partial charge in [0.2, 0.25) is 0 Å². The van der Waals surface area contributed by atoms with E-state index in [0.29, 0.717) is 11.3 Å². The topological polar surface area (TPSA) is 88.0 Å². The maximum Gasteiger partial charge on any atom is 0.269 e. The molecule has 104 valence electrons. The minimum absolute atomic E-state index is 0.0144. The largest absolute Gasteiger partial charge is 0.361 e. The number of non-ortho nitro benzene ring substituents is 1. The molecule has 2 aromatic carbocycles. The summed E-state index contributed by atoms with van der Waals surface area (Å²) in [5.74, 6) is -0.267. The normalized spacial score (nSPS) is 10.5. The molecular weight excluding hydrogens is 270 g/mol. The van der Waals surface area contributed by atoms with Crippen molar-refractivity contribution in [2.24, 2.45) is 0 Å². The Hall–Kier alpha value is -3.15. The van der Waals surface area contributed by atoms with Gasteiger partial charge in [0, 0.05) is 29.4 Å². The summed E-state index contributed by atoms with van der Waals surface area (Å²) in [5, 5.41) is 14.3. The smallest absolute Gasteiger partial charge is 0.269 e. The lowest BCUT2D eigenvalue weighted by molar-refractivity contribution is -0.384. The molecule has 0 saturated heterocycles. The van der Waals surface area contributed by atoms with Crippen molar-refractivity contribution in [3.8, 4) is 0 Å². The van der Waals surface area contributed by atoms with Crippen LogP contribution in [0.1, 0.15) is 10.4 Å². The number of carbonyl (C=O) groups is 1. The molecule has 0 aliphatic rings. The van der Waals surface area contributed by atoms with E-state index in [-0.39, 0.29) is 11.6 Å². The van der Waals surface area contributed by atoms with Gasteiger partial charge >= 0.3 is 0 Å². The second kappa shape index (κ2) is 5.09. The van der Waals surface area contributed by atoms with E-state index >= 15 is 0 Å². The van der Waals surface area contributed by atoms with Crippen LogP contribution in [0.3, 0.4) is 0 Å². The molecule has 0 bridgehead atoms. The summed E-state index contributed by atoms with van der Waals surface area (Å²) in [6, 6.07) is 13.0. The number of aromatic nitrogens is 1. The number of H-pyrrole nitrogens is 1. The highest BCUT2D eigenvalue weighted by atomic mass is 16.6. The van der Waals surface area contributed by atoms with Crippen LogP contribution in [-0.4, -0.2) is 15.8 Å². The van der Waals surface area contributed by atoms with Gasteiger partial charge in [0.25, 0.3) is 11.6 Å². The predicted octanol–water partition coefficient (Wildman–Crippen LogP) is 3.33. The highest BCUT2D eigenvalue weighted by molar-refractivity contribution is 6.12. The number of hydrogen-bond donors (Lipinski definition) is 2. The molecule has 1 amide bonds. The Balaban J connectivity index is 1.86. The molecule has 0 aliphatic heterocycles. The molecule has 0 aliphatic carbocycles. The number of nitro groups is 1. The second-order valence-corrected chi connectivity index (χ2v) is 4.51. The fourth-order valence-corrected chi connectivity index (χ4v) is 2.14. The van der Waals surface area contributed by atoms with Crippen LogP contribution in [0.5, 0.6) is 0 Å². The number of rotatable bonds is 3. The zero-order chi connectivity index (χ0) is 14.8. The van der Waals surface area contributed by atoms with E-state index in [4.69, 9.17) is 0 Å². The van der Waals surface area contributed by atoms with Gasteiger partial charge in [0.05, 0.1) is 16.0 Å². The quantitative estimate of drug-likeness (QED) is 0.570. The summed E-state index contributed by atoms with van der Waals surface area (Å²) in [6.07, 6.45) is 1.77. The molecule has 21 heavy (non-hydrogen) atoms. The number of carbonyl (C=O) groups excluding carboxylic acids is 1. The van der Waals surface area contributed by atoms with Crippen LogP contribution in [0.15, 0.2) is 54.7 Å². The SMILES string of the molecule is O=C(Nc1ccc([N+](=O)[O-])cc1)c1cccc2cc[nH]c12. The first-order valence-corrected chi connectivity index (χ1v) is 6.27. The molecule has 3 rings (SSSR count). The lowest BCUT2D eigenvalue weighted by atomic mass is 10.1. The van der Waals surface area contributed by atoms with Gasteiger partial charge in [0.15, 0.2) is 0 Å². The predicted molar refractivity (Wildman–Crippen MR) is 79.3 cm³/mol. The van der Waals surface area contributed by atoms with Gasteiger partial charge in [-0.05, 0) is 24.3 Å². The molecule has 0 radical (unpaired) electrons. The number of anilines is 1. The van der Waals surface area contributed by atoms with Gasteiger partial charge in [0.1, 0.15) is 0 Å². The Morgan fingerprint density at radius 3 is 2.57 bits per heavy atom. The van der Waals surface area contributed by atoms with Gasteiger partial charge in [-0.15, -0.1) is 0 Å². The van der Waals surface area contributed by atoms with Crippen molar-refractivity contribution in [3.63, 3.8) is 0 Å². The van der Waals surface area contributed by atoms with Gasteiger partial charge in [-0.2, -0.15) is 0 Å². The number of fused-ring (bicyclic) bond motifs is 1. The van der Waals surface area contributed by atoms with Crippen molar-refractivity contribution in [1.29, 1.82) is 0 Å². The maximum absolute atomic E-state index is 12.3. The molecule has 0 saturated carbocycles. The highest BCUT2D eigenvalue weighted by Gasteiger charge is 2.11. The second-order valence-electron chi connectivity index (χ2n) is 4.51. The van der Waals surface area contributed by atoms with Crippen LogP contribution in [0.4, 0.5) is 11.4 Å². The van der Waals surface area contributed by atoms with E-state index in [1.165, 1.54) is 24.3 Å². The molecule has 2 N–H and O–H groups in total. The molecule has 6 heteroatoms. The molecule has 0 unspecified atom stereocenters. The Kier molecular flexibility index (Phi) is 3.12. The molecule has 0 spiro atoms. The number of nitrogens with one attached hydrogen (secondary N) is 2. The Morgan fingerprint density at radius 2 is 1.86 bits per heavy atom. The molecular formula is C15H11N3O3. The van der Waals surface area contributed by atoms with Crippen molar-refractivity contribution < 1.29 is 9.72 Å². The average molecular weight is 281 g/mol. The number of nitro benzene ring substituents is 1. The van der Waals surface area contributed by atoms with E-state index in [1.54, 1.807) is 18.3 Å². The summed E-state index contributed by atoms with van der Waals surface area (Å²) < 4.78 is 0. The summed E-state index contributed by atoms with van der Waals surface area (Å²) >= 11 is 0. The summed E-state index contributed by atoms with van der Waals surface area (Å²) in [5.41, 5.74) is 1.78. The van der Waals surface area contributed by atoms with Crippen molar-refractivity contribution in [1.82, 2.24) is 4.98 Å². The van der Waals surface area contributed by atoms with Crippen LogP contribution in [0, 0.1) is 10.1 Å². The number of hydrogen-bond acceptors (Lipinski definition) is 3. The molecule has 1 heterocycles. The van der Waals surface area contributed by atoms with Crippen LogP contribution in [0.2, 0.25) is 0 Å². The van der Waals surface area contributed by atoms with E-state index in [1.807, 2.05) is 12.1 Å². The first kappa shape index (κ1) is 12.9. The fourth-order valence-electron chi connectivity index (χ4n) is 2.14. The number of benzene rings is 2. The fraction of sp³-hybridized carbons (Fsp3) is 0. The third kappa shape index (κ3) is 2.46. The molecule has 1 aromatic heterocycles. The molecule has 6 nitrogen and oxygen atoms in total. The van der Waals surface area contributed by atoms with Crippen LogP contribution in [0.25, 0.3) is 10.9 Å². The monoisotopic (exact) mass is 281 g/mol. The third-order valence-corrected chi connectivity index (χ3v) is 3.17. The Bertz CT molecular complexity index is 822. The zero-order valence-electron chi connectivity index (χ0n) is 10.9. The third-order valence-electron chi connectivity index (χ3n) is 3.17. The van der Waals surface area contributed by atoms with Crippen LogP contribution in [-0.2, 0) is 0 Å². The average Bonchev–Trinajstić information content (AvgIpc) is 2.96. The lowest BCUT2D eigenvalue weighted by Crippen LogP contribution is -2.12. The first-order valence-electron chi connectivity index (χ1n) is 6.27. The van der Waals surface area contributed by atoms with E-state index in [9.17, 15) is 14.9 Å². The minimum atomic E-state index is -0.481. The summed E-state index contributed by atoms with van der Waals surface area (Å²) in [6.45, 7) is 0. The molecule has 3 aromatic rings. The van der Waals surface area contributed by atoms with Gasteiger partial charge in [-0.25, -0.2) is 0 Å². The molecule has 0 fully saturated rings. The van der Waals surface area contributed by atoms with Crippen molar-refractivity contribution >= 4 is 28.2 Å². The first-order chi connectivity index (χ1) is 10.1. The van der Waals surface area contributed by atoms with Gasteiger partial charge in [-0.1, -0.05) is 12.1 Å². The van der Waals surface area contributed by atoms with Crippen LogP contribution >= 0.6 is 0 Å². The summed E-state index contributed by atoms with van der Waals surface area (Å²) in [7, 11) is 0. The Morgan fingerprint density at radius 1 is 1.10 bits per heavy atom. The number of nitrogens with zero attached hydrogens (tertiary/aromatic N) is 1. The number of amides is 1.